The van der Waals surface area contributed by atoms with Crippen molar-refractivity contribution >= 4 is 0 Å². The Bertz CT molecular complexity index is 214. The first-order chi connectivity index (χ1) is 10.9. The first-order valence-corrected chi connectivity index (χ1v) is 9.75. The van der Waals surface area contributed by atoms with Crippen LogP contribution >= 0.6 is 0 Å². The highest BCUT2D eigenvalue weighted by atomic mass is 16.5. The Morgan fingerprint density at radius 3 is 1.68 bits per heavy atom. The van der Waals surface area contributed by atoms with Crippen molar-refractivity contribution in [2.45, 2.75) is 96.8 Å². The molecular formula is C20H40O2. The van der Waals surface area contributed by atoms with Crippen molar-refractivity contribution in [2.24, 2.45) is 0 Å². The maximum atomic E-state index is 8.57. The Labute approximate surface area is 139 Å². The van der Waals surface area contributed by atoms with Crippen molar-refractivity contribution in [3.8, 4) is 0 Å². The average Bonchev–Trinajstić information content (AvgIpc) is 2.54. The molecule has 2 heteroatoms. The molecule has 22 heavy (non-hydrogen) atoms. The lowest BCUT2D eigenvalue weighted by molar-refractivity contribution is 0.0895. The van der Waals surface area contributed by atoms with Crippen LogP contribution in [0.5, 0.6) is 0 Å². The standard InChI is InChI=1S/C20H40O2/c1-2-3-4-5-6-7-8-9-10-11-12-13-14-15-16-17-19-22-20-18-21/h9-10,21H,2-8,11-20H2,1H3/b10-9-. The predicted molar refractivity (Wildman–Crippen MR) is 97.4 cm³/mol. The van der Waals surface area contributed by atoms with Gasteiger partial charge in [0.1, 0.15) is 0 Å². The molecule has 0 aromatic carbocycles. The summed E-state index contributed by atoms with van der Waals surface area (Å²) in [5.41, 5.74) is 0. The van der Waals surface area contributed by atoms with Gasteiger partial charge in [0, 0.05) is 6.61 Å². The summed E-state index contributed by atoms with van der Waals surface area (Å²) in [5.74, 6) is 0. The zero-order valence-corrected chi connectivity index (χ0v) is 15.0. The molecule has 1 N–H and O–H groups in total. The van der Waals surface area contributed by atoms with E-state index in [0.29, 0.717) is 6.61 Å². The van der Waals surface area contributed by atoms with Gasteiger partial charge in [-0.25, -0.2) is 0 Å². The smallest absolute Gasteiger partial charge is 0.0697 e. The van der Waals surface area contributed by atoms with Crippen LogP contribution in [0.1, 0.15) is 96.8 Å². The van der Waals surface area contributed by atoms with Gasteiger partial charge in [0.2, 0.25) is 0 Å². The molecule has 0 fully saturated rings. The van der Waals surface area contributed by atoms with E-state index in [0.717, 1.165) is 13.0 Å². The van der Waals surface area contributed by atoms with Crippen LogP contribution in [-0.4, -0.2) is 24.9 Å². The molecule has 0 bridgehead atoms. The largest absolute Gasteiger partial charge is 0.394 e. The van der Waals surface area contributed by atoms with E-state index in [-0.39, 0.29) is 6.61 Å². The lowest BCUT2D eigenvalue weighted by atomic mass is 10.1. The molecule has 0 amide bonds. The predicted octanol–water partition coefficient (Wildman–Crippen LogP) is 6.03. The van der Waals surface area contributed by atoms with Crippen molar-refractivity contribution in [1.29, 1.82) is 0 Å². The number of aliphatic hydroxyl groups is 1. The van der Waals surface area contributed by atoms with E-state index in [9.17, 15) is 0 Å². The molecule has 2 nitrogen and oxygen atoms in total. The molecule has 0 aliphatic rings. The minimum Gasteiger partial charge on any atom is -0.394 e. The zero-order valence-electron chi connectivity index (χ0n) is 15.0. The van der Waals surface area contributed by atoms with Crippen molar-refractivity contribution in [3.63, 3.8) is 0 Å². The monoisotopic (exact) mass is 312 g/mol. The molecule has 0 atom stereocenters. The second kappa shape index (κ2) is 20.7. The van der Waals surface area contributed by atoms with E-state index in [1.165, 1.54) is 83.5 Å². The Morgan fingerprint density at radius 1 is 0.636 bits per heavy atom. The minimum absolute atomic E-state index is 0.145. The summed E-state index contributed by atoms with van der Waals surface area (Å²) in [6.07, 6.45) is 23.5. The van der Waals surface area contributed by atoms with Crippen molar-refractivity contribution in [2.75, 3.05) is 19.8 Å². The molecule has 0 aliphatic heterocycles. The van der Waals surface area contributed by atoms with Gasteiger partial charge < -0.3 is 9.84 Å². The second-order valence-electron chi connectivity index (χ2n) is 6.27. The maximum Gasteiger partial charge on any atom is 0.0697 e. The van der Waals surface area contributed by atoms with Crippen LogP contribution in [0.25, 0.3) is 0 Å². The molecule has 0 saturated carbocycles. The van der Waals surface area contributed by atoms with E-state index < -0.39 is 0 Å². The molecule has 0 rings (SSSR count). The van der Waals surface area contributed by atoms with Crippen LogP contribution in [-0.2, 0) is 4.74 Å². The molecule has 132 valence electrons. The summed E-state index contributed by atoms with van der Waals surface area (Å²) in [5, 5.41) is 8.57. The molecule has 0 aromatic rings. The quantitative estimate of drug-likeness (QED) is 0.247. The van der Waals surface area contributed by atoms with Crippen LogP contribution in [0.2, 0.25) is 0 Å². The van der Waals surface area contributed by atoms with Crippen LogP contribution in [0, 0.1) is 0 Å². The SMILES string of the molecule is CCCCCCCC/C=C\CCCCCCCCOCCO. The summed E-state index contributed by atoms with van der Waals surface area (Å²) in [6.45, 7) is 3.72. The summed E-state index contributed by atoms with van der Waals surface area (Å²) >= 11 is 0. The number of unbranched alkanes of at least 4 members (excludes halogenated alkanes) is 12. The van der Waals surface area contributed by atoms with Crippen LogP contribution in [0.15, 0.2) is 12.2 Å². The number of allylic oxidation sites excluding steroid dienone is 2. The van der Waals surface area contributed by atoms with Crippen molar-refractivity contribution < 1.29 is 9.84 Å². The first-order valence-electron chi connectivity index (χ1n) is 9.75. The van der Waals surface area contributed by atoms with E-state index in [1.807, 2.05) is 0 Å². The summed E-state index contributed by atoms with van der Waals surface area (Å²) in [4.78, 5) is 0. The van der Waals surface area contributed by atoms with Crippen molar-refractivity contribution in [3.05, 3.63) is 12.2 Å². The van der Waals surface area contributed by atoms with Crippen LogP contribution in [0.3, 0.4) is 0 Å². The fourth-order valence-corrected chi connectivity index (χ4v) is 2.62. The number of ether oxygens (including phenoxy) is 1. The Hall–Kier alpha value is -0.340. The molecule has 0 aromatic heterocycles. The van der Waals surface area contributed by atoms with E-state index in [2.05, 4.69) is 19.1 Å². The van der Waals surface area contributed by atoms with E-state index in [1.54, 1.807) is 0 Å². The topological polar surface area (TPSA) is 29.5 Å². The summed E-state index contributed by atoms with van der Waals surface area (Å²) < 4.78 is 5.24. The first kappa shape index (κ1) is 21.7. The number of hydrogen-bond donors (Lipinski definition) is 1. The number of aliphatic hydroxyl groups excluding tert-OH is 1. The van der Waals surface area contributed by atoms with Gasteiger partial charge in [0.15, 0.2) is 0 Å². The molecule has 0 radical (unpaired) electrons. The number of rotatable bonds is 18. The molecule has 0 spiro atoms. The van der Waals surface area contributed by atoms with Gasteiger partial charge in [-0.1, -0.05) is 76.9 Å². The van der Waals surface area contributed by atoms with E-state index >= 15 is 0 Å². The third-order valence-corrected chi connectivity index (χ3v) is 4.04. The third-order valence-electron chi connectivity index (χ3n) is 4.04. The number of hydrogen-bond acceptors (Lipinski definition) is 2. The highest BCUT2D eigenvalue weighted by Gasteiger charge is 1.92. The van der Waals surface area contributed by atoms with Crippen molar-refractivity contribution in [1.82, 2.24) is 0 Å². The van der Waals surface area contributed by atoms with E-state index in [4.69, 9.17) is 9.84 Å². The molecular weight excluding hydrogens is 272 g/mol. The molecule has 0 saturated heterocycles. The highest BCUT2D eigenvalue weighted by Crippen LogP contribution is 2.09. The van der Waals surface area contributed by atoms with Gasteiger partial charge in [0.05, 0.1) is 13.2 Å². The van der Waals surface area contributed by atoms with Gasteiger partial charge in [-0.2, -0.15) is 0 Å². The lowest BCUT2D eigenvalue weighted by Crippen LogP contribution is -2.00. The third kappa shape index (κ3) is 19.7. The summed E-state index contributed by atoms with van der Waals surface area (Å²) in [7, 11) is 0. The fraction of sp³-hybridized carbons (Fsp3) is 0.900. The van der Waals surface area contributed by atoms with Crippen LogP contribution in [0.4, 0.5) is 0 Å². The van der Waals surface area contributed by atoms with Gasteiger partial charge in [-0.3, -0.25) is 0 Å². The second-order valence-corrected chi connectivity index (χ2v) is 6.27. The minimum atomic E-state index is 0.145. The van der Waals surface area contributed by atoms with Gasteiger partial charge in [-0.15, -0.1) is 0 Å². The highest BCUT2D eigenvalue weighted by molar-refractivity contribution is 4.81. The fourth-order valence-electron chi connectivity index (χ4n) is 2.62. The summed E-state index contributed by atoms with van der Waals surface area (Å²) in [6, 6.07) is 0. The molecule has 0 unspecified atom stereocenters. The lowest BCUT2D eigenvalue weighted by Gasteiger charge is -2.02. The van der Waals surface area contributed by atoms with Crippen LogP contribution < -0.4 is 0 Å². The zero-order chi connectivity index (χ0) is 16.1. The Balaban J connectivity index is 3.02. The van der Waals surface area contributed by atoms with Gasteiger partial charge in [0.25, 0.3) is 0 Å². The normalized spacial score (nSPS) is 11.5. The molecule has 0 aliphatic carbocycles. The average molecular weight is 313 g/mol. The maximum absolute atomic E-state index is 8.57. The van der Waals surface area contributed by atoms with Gasteiger partial charge >= 0.3 is 0 Å². The molecule has 0 heterocycles. The Kier molecular flexibility index (Phi) is 20.3. The van der Waals surface area contributed by atoms with Gasteiger partial charge in [-0.05, 0) is 32.1 Å². The Morgan fingerprint density at radius 2 is 1.14 bits per heavy atom.